The zero-order valence-electron chi connectivity index (χ0n) is 14.3. The zero-order valence-corrected chi connectivity index (χ0v) is 16.0. The maximum Gasteiger partial charge on any atom is 0.271 e. The second kappa shape index (κ2) is 7.89. The molecule has 0 unspecified atom stereocenters. The highest BCUT2D eigenvalue weighted by Gasteiger charge is 2.16. The van der Waals surface area contributed by atoms with E-state index in [1.54, 1.807) is 42.6 Å². The molecule has 0 aliphatic heterocycles. The van der Waals surface area contributed by atoms with Gasteiger partial charge in [0.05, 0.1) is 6.04 Å². The summed E-state index contributed by atoms with van der Waals surface area (Å²) in [5, 5.41) is 4.51. The first-order chi connectivity index (χ1) is 12.8. The lowest BCUT2D eigenvalue weighted by molar-refractivity contribution is 0.0940. The molecule has 0 radical (unpaired) electrons. The fraction of sp³-hybridized carbons (Fsp3) is 0.105. The fourth-order valence-corrected chi connectivity index (χ4v) is 4.48. The first kappa shape index (κ1) is 19.1. The SMILES string of the molecule is C[C@H](NC(=O)c1ccc(NS(=O)(=O)c2cccs2)cc1)c1ccc(F)cc1. The minimum absolute atomic E-state index is 0.220. The van der Waals surface area contributed by atoms with Gasteiger partial charge in [-0.1, -0.05) is 18.2 Å². The molecule has 1 aromatic heterocycles. The highest BCUT2D eigenvalue weighted by atomic mass is 32.2. The minimum atomic E-state index is -3.62. The van der Waals surface area contributed by atoms with E-state index in [9.17, 15) is 17.6 Å². The summed E-state index contributed by atoms with van der Waals surface area (Å²) in [5.41, 5.74) is 1.54. The van der Waals surface area contributed by atoms with Crippen molar-refractivity contribution >= 4 is 33.0 Å². The van der Waals surface area contributed by atoms with E-state index >= 15 is 0 Å². The Bertz CT molecular complexity index is 1020. The van der Waals surface area contributed by atoms with E-state index in [0.29, 0.717) is 11.3 Å². The van der Waals surface area contributed by atoms with Crippen molar-refractivity contribution in [1.82, 2.24) is 5.32 Å². The smallest absolute Gasteiger partial charge is 0.271 e. The van der Waals surface area contributed by atoms with Crippen LogP contribution in [-0.4, -0.2) is 14.3 Å². The van der Waals surface area contributed by atoms with E-state index in [1.165, 1.54) is 30.3 Å². The molecule has 3 aromatic rings. The molecule has 8 heteroatoms. The highest BCUT2D eigenvalue weighted by Crippen LogP contribution is 2.21. The van der Waals surface area contributed by atoms with E-state index in [-0.39, 0.29) is 22.0 Å². The molecule has 1 amide bonds. The molecule has 0 aliphatic rings. The number of benzene rings is 2. The van der Waals surface area contributed by atoms with Crippen LogP contribution in [0.15, 0.2) is 70.3 Å². The number of carbonyl (C=O) groups excluding carboxylic acids is 1. The number of hydrogen-bond donors (Lipinski definition) is 2. The van der Waals surface area contributed by atoms with Crippen LogP contribution in [0.25, 0.3) is 0 Å². The van der Waals surface area contributed by atoms with Gasteiger partial charge in [-0.25, -0.2) is 12.8 Å². The number of rotatable bonds is 6. The molecule has 2 aromatic carbocycles. The summed E-state index contributed by atoms with van der Waals surface area (Å²) in [6.45, 7) is 1.80. The van der Waals surface area contributed by atoms with Gasteiger partial charge < -0.3 is 5.32 Å². The van der Waals surface area contributed by atoms with Gasteiger partial charge in [0.25, 0.3) is 15.9 Å². The van der Waals surface area contributed by atoms with E-state index in [1.807, 2.05) is 0 Å². The second-order valence-electron chi connectivity index (χ2n) is 5.86. The third-order valence-electron chi connectivity index (χ3n) is 3.88. The molecular formula is C19H17FN2O3S2. The van der Waals surface area contributed by atoms with Crippen LogP contribution in [0, 0.1) is 5.82 Å². The van der Waals surface area contributed by atoms with E-state index in [4.69, 9.17) is 0 Å². The van der Waals surface area contributed by atoms with Gasteiger partial charge in [0.1, 0.15) is 10.0 Å². The number of anilines is 1. The Balaban J connectivity index is 1.66. The van der Waals surface area contributed by atoms with Crippen molar-refractivity contribution in [2.24, 2.45) is 0 Å². The van der Waals surface area contributed by atoms with Crippen LogP contribution in [0.3, 0.4) is 0 Å². The van der Waals surface area contributed by atoms with Gasteiger partial charge in [-0.2, -0.15) is 0 Å². The Morgan fingerprint density at radius 2 is 1.70 bits per heavy atom. The van der Waals surface area contributed by atoms with Crippen molar-refractivity contribution in [2.45, 2.75) is 17.2 Å². The number of halogens is 1. The van der Waals surface area contributed by atoms with Gasteiger partial charge in [-0.15, -0.1) is 11.3 Å². The van der Waals surface area contributed by atoms with Crippen LogP contribution >= 0.6 is 11.3 Å². The minimum Gasteiger partial charge on any atom is -0.346 e. The van der Waals surface area contributed by atoms with Crippen LogP contribution in [0.1, 0.15) is 28.9 Å². The Morgan fingerprint density at radius 1 is 1.04 bits per heavy atom. The average Bonchev–Trinajstić information content (AvgIpc) is 3.18. The van der Waals surface area contributed by atoms with Gasteiger partial charge in [0.2, 0.25) is 0 Å². The lowest BCUT2D eigenvalue weighted by atomic mass is 10.1. The van der Waals surface area contributed by atoms with Crippen LogP contribution in [0.5, 0.6) is 0 Å². The van der Waals surface area contributed by atoms with Crippen molar-refractivity contribution in [3.8, 4) is 0 Å². The number of nitrogens with one attached hydrogen (secondary N) is 2. The summed E-state index contributed by atoms with van der Waals surface area (Å²) in [6, 6.07) is 14.9. The zero-order chi connectivity index (χ0) is 19.4. The van der Waals surface area contributed by atoms with E-state index in [2.05, 4.69) is 10.0 Å². The number of hydrogen-bond acceptors (Lipinski definition) is 4. The summed E-state index contributed by atoms with van der Waals surface area (Å²) in [5.74, 6) is -0.641. The quantitative estimate of drug-likeness (QED) is 0.647. The molecule has 5 nitrogen and oxygen atoms in total. The van der Waals surface area contributed by atoms with E-state index in [0.717, 1.165) is 16.9 Å². The highest BCUT2D eigenvalue weighted by molar-refractivity contribution is 7.94. The maximum atomic E-state index is 13.0. The van der Waals surface area contributed by atoms with Gasteiger partial charge in [0.15, 0.2) is 0 Å². The van der Waals surface area contributed by atoms with Crippen LogP contribution < -0.4 is 10.0 Å². The third-order valence-corrected chi connectivity index (χ3v) is 6.66. The first-order valence-electron chi connectivity index (χ1n) is 8.08. The summed E-state index contributed by atoms with van der Waals surface area (Å²) >= 11 is 1.12. The van der Waals surface area contributed by atoms with Gasteiger partial charge in [0, 0.05) is 11.3 Å². The van der Waals surface area contributed by atoms with Crippen LogP contribution in [0.4, 0.5) is 10.1 Å². The molecule has 0 saturated carbocycles. The Morgan fingerprint density at radius 3 is 2.30 bits per heavy atom. The van der Waals surface area contributed by atoms with Crippen LogP contribution in [0.2, 0.25) is 0 Å². The molecule has 1 heterocycles. The molecule has 140 valence electrons. The topological polar surface area (TPSA) is 75.3 Å². The molecule has 0 bridgehead atoms. The fourth-order valence-electron chi connectivity index (χ4n) is 2.43. The molecule has 27 heavy (non-hydrogen) atoms. The molecule has 0 fully saturated rings. The average molecular weight is 404 g/mol. The molecule has 0 saturated heterocycles. The van der Waals surface area contributed by atoms with Gasteiger partial charge in [-0.05, 0) is 60.3 Å². The largest absolute Gasteiger partial charge is 0.346 e. The standard InChI is InChI=1S/C19H17FN2O3S2/c1-13(14-4-8-16(20)9-5-14)21-19(23)15-6-10-17(11-7-15)22-27(24,25)18-3-2-12-26-18/h2-13,22H,1H3,(H,21,23)/t13-/m0/s1. The van der Waals surface area contributed by atoms with Crippen molar-refractivity contribution in [3.63, 3.8) is 0 Å². The molecule has 0 spiro atoms. The van der Waals surface area contributed by atoms with E-state index < -0.39 is 10.0 Å². The second-order valence-corrected chi connectivity index (χ2v) is 8.72. The molecule has 3 rings (SSSR count). The van der Waals surface area contributed by atoms with Gasteiger partial charge in [-0.3, -0.25) is 9.52 Å². The summed E-state index contributed by atoms with van der Waals surface area (Å²) in [7, 11) is -3.62. The van der Waals surface area contributed by atoms with Crippen LogP contribution in [-0.2, 0) is 10.0 Å². The summed E-state index contributed by atoms with van der Waals surface area (Å²) in [4.78, 5) is 12.4. The predicted octanol–water partition coefficient (Wildman–Crippen LogP) is 4.18. The Hall–Kier alpha value is -2.71. The number of carbonyl (C=O) groups is 1. The number of thiophene rings is 1. The third kappa shape index (κ3) is 4.72. The normalized spacial score (nSPS) is 12.4. The van der Waals surface area contributed by atoms with Crippen molar-refractivity contribution in [3.05, 3.63) is 83.0 Å². The molecular weight excluding hydrogens is 387 g/mol. The number of sulfonamides is 1. The predicted molar refractivity (Wildman–Crippen MR) is 104 cm³/mol. The van der Waals surface area contributed by atoms with Gasteiger partial charge >= 0.3 is 0 Å². The Labute approximate surface area is 160 Å². The maximum absolute atomic E-state index is 13.0. The Kier molecular flexibility index (Phi) is 5.57. The monoisotopic (exact) mass is 404 g/mol. The summed E-state index contributed by atoms with van der Waals surface area (Å²) < 4.78 is 40.1. The van der Waals surface area contributed by atoms with Crippen molar-refractivity contribution in [1.29, 1.82) is 0 Å². The molecule has 0 aliphatic carbocycles. The lowest BCUT2D eigenvalue weighted by Crippen LogP contribution is -2.26. The van der Waals surface area contributed by atoms with Crippen molar-refractivity contribution < 1.29 is 17.6 Å². The summed E-state index contributed by atoms with van der Waals surface area (Å²) in [6.07, 6.45) is 0. The lowest BCUT2D eigenvalue weighted by Gasteiger charge is -2.14. The first-order valence-corrected chi connectivity index (χ1v) is 10.4. The van der Waals surface area contributed by atoms with Crippen molar-refractivity contribution in [2.75, 3.05) is 4.72 Å². The molecule has 1 atom stereocenters. The number of amides is 1. The molecule has 2 N–H and O–H groups in total.